The zero-order valence-electron chi connectivity index (χ0n) is 10.5. The van der Waals surface area contributed by atoms with E-state index in [0.717, 1.165) is 19.5 Å². The zero-order valence-corrected chi connectivity index (χ0v) is 10.5. The van der Waals surface area contributed by atoms with E-state index in [4.69, 9.17) is 0 Å². The second kappa shape index (κ2) is 6.16. The fourth-order valence-electron chi connectivity index (χ4n) is 1.79. The number of phenols is 1. The number of nitrogens with zero attached hydrogens (tertiary/aromatic N) is 3. The fourth-order valence-corrected chi connectivity index (χ4v) is 1.79. The average molecular weight is 246 g/mol. The minimum absolute atomic E-state index is 0.279. The molecule has 5 nitrogen and oxygen atoms in total. The minimum atomic E-state index is 0.279. The molecule has 0 saturated carbocycles. The van der Waals surface area contributed by atoms with Crippen LogP contribution >= 0.6 is 0 Å². The highest BCUT2D eigenvalue weighted by atomic mass is 16.3. The highest BCUT2D eigenvalue weighted by Gasteiger charge is 2.03. The Morgan fingerprint density at radius 1 is 1.33 bits per heavy atom. The van der Waals surface area contributed by atoms with Gasteiger partial charge >= 0.3 is 0 Å². The van der Waals surface area contributed by atoms with Crippen molar-refractivity contribution in [1.29, 1.82) is 0 Å². The van der Waals surface area contributed by atoms with Gasteiger partial charge in [-0.1, -0.05) is 17.3 Å². The molecule has 0 aliphatic carbocycles. The first kappa shape index (κ1) is 12.6. The van der Waals surface area contributed by atoms with E-state index in [9.17, 15) is 5.11 Å². The molecule has 0 bridgehead atoms. The first-order chi connectivity index (χ1) is 8.75. The second-order valence-electron chi connectivity index (χ2n) is 4.29. The Bertz CT molecular complexity index is 452. The standard InChI is InChI=1S/C13H18N4O/c1-11(12-3-5-13(18)6-4-12)14-7-2-9-17-10-8-15-16-17/h3-6,8,10-11,14,18H,2,7,9H2,1H3. The van der Waals surface area contributed by atoms with Gasteiger partial charge in [0.2, 0.25) is 0 Å². The van der Waals surface area contributed by atoms with Crippen molar-refractivity contribution in [2.24, 2.45) is 0 Å². The summed E-state index contributed by atoms with van der Waals surface area (Å²) in [5, 5.41) is 20.3. The maximum atomic E-state index is 9.22. The van der Waals surface area contributed by atoms with Crippen LogP contribution in [0.4, 0.5) is 0 Å². The fraction of sp³-hybridized carbons (Fsp3) is 0.385. The van der Waals surface area contributed by atoms with Crippen LogP contribution in [0.1, 0.15) is 24.9 Å². The normalized spacial score (nSPS) is 12.5. The third-order valence-corrected chi connectivity index (χ3v) is 2.88. The molecule has 0 saturated heterocycles. The lowest BCUT2D eigenvalue weighted by Crippen LogP contribution is -2.21. The molecule has 1 heterocycles. The largest absolute Gasteiger partial charge is 0.508 e. The Morgan fingerprint density at radius 2 is 2.11 bits per heavy atom. The molecule has 0 aliphatic heterocycles. The van der Waals surface area contributed by atoms with Gasteiger partial charge in [0.25, 0.3) is 0 Å². The van der Waals surface area contributed by atoms with Crippen molar-refractivity contribution in [3.05, 3.63) is 42.2 Å². The van der Waals surface area contributed by atoms with Gasteiger partial charge in [-0.05, 0) is 37.6 Å². The molecule has 5 heteroatoms. The van der Waals surface area contributed by atoms with Crippen LogP contribution in [0.25, 0.3) is 0 Å². The predicted molar refractivity (Wildman–Crippen MR) is 69.2 cm³/mol. The van der Waals surface area contributed by atoms with Gasteiger partial charge in [-0.25, -0.2) is 0 Å². The van der Waals surface area contributed by atoms with E-state index < -0.39 is 0 Å². The van der Waals surface area contributed by atoms with Crippen molar-refractivity contribution in [3.8, 4) is 5.75 Å². The van der Waals surface area contributed by atoms with Crippen LogP contribution in [0.5, 0.6) is 5.75 Å². The number of hydrogen-bond donors (Lipinski definition) is 2. The summed E-state index contributed by atoms with van der Waals surface area (Å²) in [6.07, 6.45) is 4.56. The van der Waals surface area contributed by atoms with Gasteiger partial charge in [0, 0.05) is 18.8 Å². The summed E-state index contributed by atoms with van der Waals surface area (Å²) in [4.78, 5) is 0. The van der Waals surface area contributed by atoms with Crippen LogP contribution in [0.2, 0.25) is 0 Å². The van der Waals surface area contributed by atoms with E-state index in [1.807, 2.05) is 23.0 Å². The molecule has 2 aromatic rings. The van der Waals surface area contributed by atoms with E-state index >= 15 is 0 Å². The highest BCUT2D eigenvalue weighted by molar-refractivity contribution is 5.27. The minimum Gasteiger partial charge on any atom is -0.508 e. The number of aromatic hydroxyl groups is 1. The lowest BCUT2D eigenvalue weighted by atomic mass is 10.1. The SMILES string of the molecule is CC(NCCCn1ccnn1)c1ccc(O)cc1. The molecule has 0 spiro atoms. The molecule has 1 atom stereocenters. The zero-order chi connectivity index (χ0) is 12.8. The number of aromatic nitrogens is 3. The lowest BCUT2D eigenvalue weighted by molar-refractivity contribution is 0.473. The van der Waals surface area contributed by atoms with Crippen LogP contribution in [-0.2, 0) is 6.54 Å². The molecule has 96 valence electrons. The van der Waals surface area contributed by atoms with Crippen molar-refractivity contribution in [3.63, 3.8) is 0 Å². The van der Waals surface area contributed by atoms with E-state index in [1.165, 1.54) is 5.56 Å². The molecule has 2 rings (SSSR count). The Morgan fingerprint density at radius 3 is 2.78 bits per heavy atom. The number of phenolic OH excluding ortho intramolecular Hbond substituents is 1. The molecule has 18 heavy (non-hydrogen) atoms. The maximum Gasteiger partial charge on any atom is 0.115 e. The number of hydrogen-bond acceptors (Lipinski definition) is 4. The smallest absolute Gasteiger partial charge is 0.115 e. The molecule has 2 N–H and O–H groups in total. The number of nitrogens with one attached hydrogen (secondary N) is 1. The Hall–Kier alpha value is -1.88. The lowest BCUT2D eigenvalue weighted by Gasteiger charge is -2.14. The number of benzene rings is 1. The van der Waals surface area contributed by atoms with Crippen LogP contribution < -0.4 is 5.32 Å². The van der Waals surface area contributed by atoms with Crippen molar-refractivity contribution in [2.75, 3.05) is 6.54 Å². The predicted octanol–water partition coefficient (Wildman–Crippen LogP) is 1.72. The first-order valence-electron chi connectivity index (χ1n) is 6.12. The number of aryl methyl sites for hydroxylation is 1. The van der Waals surface area contributed by atoms with Crippen LogP contribution in [0.3, 0.4) is 0 Å². The van der Waals surface area contributed by atoms with Gasteiger partial charge < -0.3 is 10.4 Å². The van der Waals surface area contributed by atoms with Gasteiger partial charge in [0.1, 0.15) is 5.75 Å². The highest BCUT2D eigenvalue weighted by Crippen LogP contribution is 2.16. The van der Waals surface area contributed by atoms with Gasteiger partial charge in [-0.15, -0.1) is 5.10 Å². The molecule has 1 aromatic carbocycles. The molecule has 0 radical (unpaired) electrons. The molecule has 0 amide bonds. The summed E-state index contributed by atoms with van der Waals surface area (Å²) in [6, 6.07) is 7.57. The van der Waals surface area contributed by atoms with E-state index in [1.54, 1.807) is 18.3 Å². The number of rotatable bonds is 6. The molecule has 1 aromatic heterocycles. The molecular weight excluding hydrogens is 228 g/mol. The summed E-state index contributed by atoms with van der Waals surface area (Å²) < 4.78 is 1.83. The molecule has 0 aliphatic rings. The van der Waals surface area contributed by atoms with Gasteiger partial charge in [0.05, 0.1) is 6.20 Å². The summed E-state index contributed by atoms with van der Waals surface area (Å²) in [5.74, 6) is 0.303. The van der Waals surface area contributed by atoms with E-state index in [2.05, 4.69) is 22.6 Å². The molecule has 0 fully saturated rings. The van der Waals surface area contributed by atoms with Crippen molar-refractivity contribution in [2.45, 2.75) is 25.9 Å². The summed E-state index contributed by atoms with van der Waals surface area (Å²) >= 11 is 0. The van der Waals surface area contributed by atoms with Crippen LogP contribution in [-0.4, -0.2) is 26.6 Å². The van der Waals surface area contributed by atoms with E-state index in [0.29, 0.717) is 5.75 Å². The quantitative estimate of drug-likeness (QED) is 0.762. The van der Waals surface area contributed by atoms with E-state index in [-0.39, 0.29) is 6.04 Å². The summed E-state index contributed by atoms with van der Waals surface area (Å²) in [6.45, 7) is 3.90. The Labute approximate surface area is 106 Å². The van der Waals surface area contributed by atoms with Gasteiger partial charge in [0.15, 0.2) is 0 Å². The topological polar surface area (TPSA) is 63.0 Å². The maximum absolute atomic E-state index is 9.22. The van der Waals surface area contributed by atoms with Gasteiger partial charge in [-0.3, -0.25) is 4.68 Å². The molecule has 1 unspecified atom stereocenters. The van der Waals surface area contributed by atoms with Crippen molar-refractivity contribution in [1.82, 2.24) is 20.3 Å². The monoisotopic (exact) mass is 246 g/mol. The Balaban J connectivity index is 1.71. The average Bonchev–Trinajstić information content (AvgIpc) is 2.88. The van der Waals surface area contributed by atoms with Crippen LogP contribution in [0.15, 0.2) is 36.7 Å². The third-order valence-electron chi connectivity index (χ3n) is 2.88. The summed E-state index contributed by atoms with van der Waals surface area (Å²) in [5.41, 5.74) is 1.17. The van der Waals surface area contributed by atoms with Crippen molar-refractivity contribution < 1.29 is 5.11 Å². The van der Waals surface area contributed by atoms with Gasteiger partial charge in [-0.2, -0.15) is 0 Å². The third kappa shape index (κ3) is 3.56. The first-order valence-corrected chi connectivity index (χ1v) is 6.12. The van der Waals surface area contributed by atoms with Crippen LogP contribution in [0, 0.1) is 0 Å². The molecular formula is C13H18N4O. The second-order valence-corrected chi connectivity index (χ2v) is 4.29. The van der Waals surface area contributed by atoms with Crippen molar-refractivity contribution >= 4 is 0 Å². The Kier molecular flexibility index (Phi) is 4.30. The summed E-state index contributed by atoms with van der Waals surface area (Å²) in [7, 11) is 0.